The molecule has 0 spiro atoms. The first-order chi connectivity index (χ1) is 20.3. The number of ether oxygens (including phenoxy) is 1. The minimum absolute atomic E-state index is 0.0267. The summed E-state index contributed by atoms with van der Waals surface area (Å²) in [5, 5.41) is 10.9. The lowest BCUT2D eigenvalue weighted by molar-refractivity contribution is -0.274. The van der Waals surface area contributed by atoms with Crippen LogP contribution in [0.15, 0.2) is 76.9 Å². The molecule has 1 N–H and O–H groups in total. The van der Waals surface area contributed by atoms with Crippen molar-refractivity contribution in [1.82, 2.24) is 0 Å². The molecule has 2 aromatic rings. The lowest BCUT2D eigenvalue weighted by Gasteiger charge is -2.42. The van der Waals surface area contributed by atoms with Crippen LogP contribution in [-0.4, -0.2) is 40.6 Å². The van der Waals surface area contributed by atoms with Crippen molar-refractivity contribution in [2.75, 3.05) is 4.90 Å². The van der Waals surface area contributed by atoms with Gasteiger partial charge in [-0.25, -0.2) is 0 Å². The second-order valence-corrected chi connectivity index (χ2v) is 11.1. The monoisotopic (exact) mass is 591 g/mol. The molecule has 1 heterocycles. The van der Waals surface area contributed by atoms with E-state index in [0.717, 1.165) is 23.1 Å². The average molecular weight is 592 g/mol. The van der Waals surface area contributed by atoms with Crippen molar-refractivity contribution in [2.24, 2.45) is 17.8 Å². The van der Waals surface area contributed by atoms with E-state index in [1.165, 1.54) is 44.2 Å². The van der Waals surface area contributed by atoms with E-state index in [9.17, 15) is 42.3 Å². The molecule has 4 aliphatic rings. The molecule has 1 aliphatic heterocycles. The molecule has 2 amide bonds. The van der Waals surface area contributed by atoms with Gasteiger partial charge in [0.25, 0.3) is 0 Å². The predicted molar refractivity (Wildman–Crippen MR) is 145 cm³/mol. The summed E-state index contributed by atoms with van der Waals surface area (Å²) in [6.07, 6.45) is -2.10. The molecule has 0 aromatic heterocycles. The molecule has 6 rings (SSSR count). The molecule has 1 fully saturated rings. The van der Waals surface area contributed by atoms with Crippen LogP contribution in [0.25, 0.3) is 0 Å². The van der Waals surface area contributed by atoms with Crippen LogP contribution in [0.5, 0.6) is 11.5 Å². The van der Waals surface area contributed by atoms with Crippen LogP contribution in [0.2, 0.25) is 0 Å². The van der Waals surface area contributed by atoms with E-state index in [1.807, 2.05) is 0 Å². The molecule has 0 bridgehead atoms. The number of phenols is 1. The first kappa shape index (κ1) is 28.3. The van der Waals surface area contributed by atoms with Crippen LogP contribution in [0.1, 0.15) is 48.5 Å². The van der Waals surface area contributed by atoms with Gasteiger partial charge in [-0.3, -0.25) is 28.9 Å². The summed E-state index contributed by atoms with van der Waals surface area (Å²) in [7, 11) is 0. The third kappa shape index (κ3) is 4.59. The van der Waals surface area contributed by atoms with Crippen molar-refractivity contribution in [3.05, 3.63) is 88.0 Å². The number of imide groups is 1. The number of hydrogen-bond acceptors (Lipinski definition) is 7. The maximum atomic E-state index is 13.9. The summed E-state index contributed by atoms with van der Waals surface area (Å²) in [5.74, 6) is -6.82. The Bertz CT molecular complexity index is 1730. The number of anilines is 1. The Balaban J connectivity index is 1.47. The van der Waals surface area contributed by atoms with Gasteiger partial charge in [-0.2, -0.15) is 0 Å². The van der Waals surface area contributed by atoms with E-state index in [4.69, 9.17) is 0 Å². The number of phenolic OH excluding ortho intramolecular Hbond substituents is 1. The van der Waals surface area contributed by atoms with Gasteiger partial charge >= 0.3 is 6.36 Å². The van der Waals surface area contributed by atoms with Crippen molar-refractivity contribution in [3.8, 4) is 11.5 Å². The van der Waals surface area contributed by atoms with Crippen LogP contribution in [0.3, 0.4) is 0 Å². The number of Topliss-reactive ketones (excluding diaryl/α,β-unsaturated/α-hetero) is 2. The van der Waals surface area contributed by atoms with E-state index < -0.39 is 64.9 Å². The molecule has 3 aliphatic carbocycles. The number of carbonyl (C=O) groups excluding carboxylic acids is 5. The van der Waals surface area contributed by atoms with Crippen molar-refractivity contribution < 1.29 is 47.0 Å². The molecule has 0 radical (unpaired) electrons. The van der Waals surface area contributed by atoms with Crippen LogP contribution >= 0.6 is 0 Å². The highest BCUT2D eigenvalue weighted by atomic mass is 19.4. The number of hydrogen-bond donors (Lipinski definition) is 1. The van der Waals surface area contributed by atoms with Gasteiger partial charge in [0.05, 0.1) is 17.5 Å². The Morgan fingerprint density at radius 3 is 2.35 bits per heavy atom. The Morgan fingerprint density at radius 1 is 1.00 bits per heavy atom. The lowest BCUT2D eigenvalue weighted by Crippen LogP contribution is -2.39. The largest absolute Gasteiger partial charge is 0.573 e. The summed E-state index contributed by atoms with van der Waals surface area (Å²) < 4.78 is 43.3. The minimum atomic E-state index is -5.02. The van der Waals surface area contributed by atoms with Crippen molar-refractivity contribution in [1.29, 1.82) is 0 Å². The minimum Gasteiger partial charge on any atom is -0.508 e. The molecule has 0 unspecified atom stereocenters. The van der Waals surface area contributed by atoms with Gasteiger partial charge in [-0.1, -0.05) is 11.6 Å². The van der Waals surface area contributed by atoms with Crippen molar-refractivity contribution in [3.63, 3.8) is 0 Å². The highest BCUT2D eigenvalue weighted by Gasteiger charge is 2.57. The molecular weight excluding hydrogens is 567 g/mol. The Morgan fingerprint density at radius 2 is 1.70 bits per heavy atom. The molecule has 0 saturated carbocycles. The number of alkyl halides is 3. The van der Waals surface area contributed by atoms with E-state index in [-0.39, 0.29) is 46.6 Å². The Hall–Kier alpha value is -4.80. The Kier molecular flexibility index (Phi) is 6.52. The first-order valence-corrected chi connectivity index (χ1v) is 13.5. The summed E-state index contributed by atoms with van der Waals surface area (Å²) >= 11 is 0. The number of ketones is 3. The Labute approximate surface area is 243 Å². The number of benzene rings is 2. The zero-order valence-corrected chi connectivity index (χ0v) is 22.9. The van der Waals surface area contributed by atoms with Gasteiger partial charge < -0.3 is 9.84 Å². The molecule has 1 saturated heterocycles. The maximum Gasteiger partial charge on any atom is 0.573 e. The number of nitrogens with zero attached hydrogens (tertiary/aromatic N) is 1. The molecule has 2 aromatic carbocycles. The third-order valence-electron chi connectivity index (χ3n) is 8.64. The van der Waals surface area contributed by atoms with Crippen LogP contribution in [0, 0.1) is 17.8 Å². The van der Waals surface area contributed by atoms with Crippen LogP contribution in [0.4, 0.5) is 18.9 Å². The summed E-state index contributed by atoms with van der Waals surface area (Å²) in [4.78, 5) is 67.0. The van der Waals surface area contributed by atoms with Gasteiger partial charge in [-0.05, 0) is 81.1 Å². The number of aromatic hydroxyl groups is 1. The fourth-order valence-corrected chi connectivity index (χ4v) is 6.78. The smallest absolute Gasteiger partial charge is 0.508 e. The van der Waals surface area contributed by atoms with E-state index in [1.54, 1.807) is 6.08 Å². The first-order valence-electron chi connectivity index (χ1n) is 13.5. The topological polar surface area (TPSA) is 118 Å². The number of amides is 2. The van der Waals surface area contributed by atoms with E-state index in [0.29, 0.717) is 11.1 Å². The molecule has 220 valence electrons. The molecule has 4 atom stereocenters. The highest BCUT2D eigenvalue weighted by Crippen LogP contribution is 2.56. The SMILES string of the molecule is CC(=O)c1ccc(N2C(=O)[C@H]3[C@H](CC=C4[C@H](c5cc(OC(F)(F)F)ccc5O)C5=C(C[C@H]43)C(=O)C=C(C)C5=O)C2=O)cc1. The maximum absolute atomic E-state index is 13.9. The van der Waals surface area contributed by atoms with Crippen molar-refractivity contribution >= 4 is 34.9 Å². The summed E-state index contributed by atoms with van der Waals surface area (Å²) in [5.41, 5.74) is 1.31. The fraction of sp³-hybridized carbons (Fsp3) is 0.281. The normalized spacial score (nSPS) is 25.2. The molecule has 8 nitrogen and oxygen atoms in total. The van der Waals surface area contributed by atoms with Crippen molar-refractivity contribution in [2.45, 2.75) is 39.0 Å². The standard InChI is InChI=1S/C32H24F3NO7/c1-14-11-25(39)23-13-21-19(26(28(23)29(14)40)22-12-18(7-10-24(22)38)43-32(33,34)35)8-9-20-27(21)31(42)36(30(20)41)17-5-3-16(4-6-17)15(2)37/h3-8,10-12,20-21,26-27,38H,9,13H2,1-2H3/t20-,21+,26+,27-/m0/s1. The molecule has 11 heteroatoms. The van der Waals surface area contributed by atoms with E-state index in [2.05, 4.69) is 4.74 Å². The average Bonchev–Trinajstić information content (AvgIpc) is 3.20. The van der Waals surface area contributed by atoms with Gasteiger partial charge in [0.1, 0.15) is 11.5 Å². The summed E-state index contributed by atoms with van der Waals surface area (Å²) in [6, 6.07) is 8.95. The molecule has 43 heavy (non-hydrogen) atoms. The number of halogens is 3. The lowest BCUT2D eigenvalue weighted by atomic mass is 9.59. The second kappa shape index (κ2) is 9.89. The van der Waals surface area contributed by atoms with Gasteiger partial charge in [-0.15, -0.1) is 13.2 Å². The molecular formula is C32H24F3NO7. The van der Waals surface area contributed by atoms with Crippen LogP contribution < -0.4 is 9.64 Å². The quantitative estimate of drug-likeness (QED) is 0.227. The predicted octanol–water partition coefficient (Wildman–Crippen LogP) is 5.13. The van der Waals surface area contributed by atoms with Gasteiger partial charge in [0.15, 0.2) is 17.3 Å². The number of rotatable bonds is 4. The number of carbonyl (C=O) groups is 5. The number of allylic oxidation sites excluding steroid dienone is 6. The van der Waals surface area contributed by atoms with Gasteiger partial charge in [0.2, 0.25) is 11.8 Å². The zero-order chi connectivity index (χ0) is 31.0. The zero-order valence-electron chi connectivity index (χ0n) is 22.9. The number of fused-ring (bicyclic) bond motifs is 3. The third-order valence-corrected chi connectivity index (χ3v) is 8.64. The van der Waals surface area contributed by atoms with Gasteiger partial charge in [0, 0.05) is 33.8 Å². The van der Waals surface area contributed by atoms with Crippen LogP contribution in [-0.2, 0) is 19.2 Å². The second-order valence-electron chi connectivity index (χ2n) is 11.1. The van der Waals surface area contributed by atoms with E-state index >= 15 is 0 Å². The summed E-state index contributed by atoms with van der Waals surface area (Å²) in [6.45, 7) is 2.85. The fourth-order valence-electron chi connectivity index (χ4n) is 6.78. The highest BCUT2D eigenvalue weighted by molar-refractivity contribution is 6.25.